The number of methoxy groups -OCH3 is 1. The van der Waals surface area contributed by atoms with Crippen LogP contribution in [0.1, 0.15) is 0 Å². The largest absolute Gasteiger partial charge is 0.497 e. The van der Waals surface area contributed by atoms with Crippen LogP contribution in [0.15, 0.2) is 54.6 Å². The first-order valence-corrected chi connectivity index (χ1v) is 6.30. The minimum atomic E-state index is -0.263. The number of halogens is 1. The highest BCUT2D eigenvalue weighted by molar-refractivity contribution is 5.89. The van der Waals surface area contributed by atoms with E-state index in [1.807, 2.05) is 36.4 Å². The van der Waals surface area contributed by atoms with Gasteiger partial charge in [-0.2, -0.15) is 0 Å². The van der Waals surface area contributed by atoms with Crippen molar-refractivity contribution in [2.45, 2.75) is 0 Å². The molecular formula is C17H14FNO. The Bertz CT molecular complexity index is 783. The second kappa shape index (κ2) is 4.85. The van der Waals surface area contributed by atoms with Crippen LogP contribution in [0.3, 0.4) is 0 Å². The molecule has 0 radical (unpaired) electrons. The Morgan fingerprint density at radius 3 is 2.45 bits per heavy atom. The number of hydrogen-bond donors (Lipinski definition) is 1. The van der Waals surface area contributed by atoms with Crippen LogP contribution in [-0.4, -0.2) is 7.11 Å². The molecule has 0 bridgehead atoms. The second-order valence-electron chi connectivity index (χ2n) is 4.67. The van der Waals surface area contributed by atoms with Crippen LogP contribution in [0.4, 0.5) is 10.1 Å². The summed E-state index contributed by atoms with van der Waals surface area (Å²) in [6.07, 6.45) is 0. The molecule has 0 aliphatic carbocycles. The zero-order valence-electron chi connectivity index (χ0n) is 11.1. The molecule has 0 amide bonds. The molecular weight excluding hydrogens is 253 g/mol. The van der Waals surface area contributed by atoms with E-state index in [4.69, 9.17) is 10.5 Å². The third-order valence-electron chi connectivity index (χ3n) is 3.35. The van der Waals surface area contributed by atoms with E-state index in [-0.39, 0.29) is 5.82 Å². The Morgan fingerprint density at radius 1 is 0.900 bits per heavy atom. The summed E-state index contributed by atoms with van der Waals surface area (Å²) in [5.74, 6) is 0.374. The maximum atomic E-state index is 14.0. The van der Waals surface area contributed by atoms with Gasteiger partial charge >= 0.3 is 0 Å². The predicted molar refractivity (Wildman–Crippen MR) is 80.3 cm³/mol. The van der Waals surface area contributed by atoms with Crippen LogP contribution in [0, 0.1) is 5.82 Å². The van der Waals surface area contributed by atoms with Crippen molar-refractivity contribution in [1.82, 2.24) is 0 Å². The minimum Gasteiger partial charge on any atom is -0.497 e. The van der Waals surface area contributed by atoms with E-state index in [9.17, 15) is 4.39 Å². The predicted octanol–water partition coefficient (Wildman–Crippen LogP) is 4.24. The first kappa shape index (κ1) is 12.5. The summed E-state index contributed by atoms with van der Waals surface area (Å²) >= 11 is 0. The fraction of sp³-hybridized carbons (Fsp3) is 0.0588. The molecule has 0 saturated carbocycles. The van der Waals surface area contributed by atoms with Crippen LogP contribution in [-0.2, 0) is 0 Å². The molecule has 20 heavy (non-hydrogen) atoms. The van der Waals surface area contributed by atoms with Gasteiger partial charge < -0.3 is 10.5 Å². The van der Waals surface area contributed by atoms with Gasteiger partial charge in [-0.25, -0.2) is 4.39 Å². The van der Waals surface area contributed by atoms with E-state index in [2.05, 4.69) is 0 Å². The van der Waals surface area contributed by atoms with Crippen molar-refractivity contribution in [3.63, 3.8) is 0 Å². The molecule has 0 aliphatic heterocycles. The molecule has 0 aromatic heterocycles. The third-order valence-corrected chi connectivity index (χ3v) is 3.35. The van der Waals surface area contributed by atoms with E-state index in [0.717, 1.165) is 22.0 Å². The van der Waals surface area contributed by atoms with Crippen molar-refractivity contribution in [3.05, 3.63) is 60.4 Å². The Kier molecular flexibility index (Phi) is 3.03. The van der Waals surface area contributed by atoms with Crippen molar-refractivity contribution >= 4 is 16.5 Å². The van der Waals surface area contributed by atoms with Gasteiger partial charge in [-0.15, -0.1) is 0 Å². The average Bonchev–Trinajstić information content (AvgIpc) is 2.47. The van der Waals surface area contributed by atoms with E-state index >= 15 is 0 Å². The Balaban J connectivity index is 2.17. The van der Waals surface area contributed by atoms with Gasteiger partial charge in [0.15, 0.2) is 0 Å². The first-order chi connectivity index (χ1) is 9.67. The topological polar surface area (TPSA) is 35.2 Å². The number of rotatable bonds is 2. The van der Waals surface area contributed by atoms with Crippen molar-refractivity contribution in [3.8, 4) is 16.9 Å². The number of hydrogen-bond acceptors (Lipinski definition) is 2. The van der Waals surface area contributed by atoms with Crippen molar-refractivity contribution < 1.29 is 9.13 Å². The highest BCUT2D eigenvalue weighted by Crippen LogP contribution is 2.30. The molecule has 3 aromatic rings. The molecule has 100 valence electrons. The van der Waals surface area contributed by atoms with Crippen LogP contribution in [0.25, 0.3) is 21.9 Å². The Morgan fingerprint density at radius 2 is 1.65 bits per heavy atom. The van der Waals surface area contributed by atoms with E-state index < -0.39 is 0 Å². The summed E-state index contributed by atoms with van der Waals surface area (Å²) in [6.45, 7) is 0. The zero-order chi connectivity index (χ0) is 14.1. The van der Waals surface area contributed by atoms with Crippen molar-refractivity contribution in [2.75, 3.05) is 12.8 Å². The standard InChI is InChI=1S/C17H14FNO/c1-20-15-6-7-17(18)16(10-15)13-3-2-12-9-14(19)5-4-11(12)8-13/h2-10H,19H2,1H3. The summed E-state index contributed by atoms with van der Waals surface area (Å²) < 4.78 is 19.1. The molecule has 0 unspecified atom stereocenters. The summed E-state index contributed by atoms with van der Waals surface area (Å²) in [6, 6.07) is 16.2. The SMILES string of the molecule is COc1ccc(F)c(-c2ccc3cc(N)ccc3c2)c1. The van der Waals surface area contributed by atoms with Gasteiger partial charge in [0.25, 0.3) is 0 Å². The lowest BCUT2D eigenvalue weighted by atomic mass is 10.0. The van der Waals surface area contributed by atoms with Gasteiger partial charge in [0.05, 0.1) is 7.11 Å². The van der Waals surface area contributed by atoms with Gasteiger partial charge in [0.1, 0.15) is 11.6 Å². The Hall–Kier alpha value is -2.55. The monoisotopic (exact) mass is 267 g/mol. The highest BCUT2D eigenvalue weighted by Gasteiger charge is 2.07. The number of nitrogens with two attached hydrogens (primary N) is 1. The van der Waals surface area contributed by atoms with Crippen LogP contribution in [0.2, 0.25) is 0 Å². The minimum absolute atomic E-state index is 0.263. The molecule has 2 N–H and O–H groups in total. The molecule has 3 heteroatoms. The smallest absolute Gasteiger partial charge is 0.131 e. The quantitative estimate of drug-likeness (QED) is 0.705. The number of fused-ring (bicyclic) bond motifs is 1. The van der Waals surface area contributed by atoms with Crippen LogP contribution in [0.5, 0.6) is 5.75 Å². The molecule has 3 rings (SSSR count). The normalized spacial score (nSPS) is 10.7. The fourth-order valence-corrected chi connectivity index (χ4v) is 2.28. The summed E-state index contributed by atoms with van der Waals surface area (Å²) in [5.41, 5.74) is 7.83. The van der Waals surface area contributed by atoms with Gasteiger partial charge in [-0.1, -0.05) is 18.2 Å². The summed E-state index contributed by atoms with van der Waals surface area (Å²) in [5, 5.41) is 2.07. The lowest BCUT2D eigenvalue weighted by Crippen LogP contribution is -1.89. The molecule has 0 atom stereocenters. The maximum Gasteiger partial charge on any atom is 0.131 e. The molecule has 3 aromatic carbocycles. The molecule has 0 saturated heterocycles. The highest BCUT2D eigenvalue weighted by atomic mass is 19.1. The number of ether oxygens (including phenoxy) is 1. The maximum absolute atomic E-state index is 14.0. The third kappa shape index (κ3) is 2.18. The first-order valence-electron chi connectivity index (χ1n) is 6.30. The van der Waals surface area contributed by atoms with E-state index in [0.29, 0.717) is 11.3 Å². The lowest BCUT2D eigenvalue weighted by molar-refractivity contribution is 0.414. The molecule has 0 heterocycles. The van der Waals surface area contributed by atoms with Gasteiger partial charge in [-0.05, 0) is 52.7 Å². The summed E-state index contributed by atoms with van der Waals surface area (Å²) in [7, 11) is 1.57. The fourth-order valence-electron chi connectivity index (χ4n) is 2.28. The van der Waals surface area contributed by atoms with E-state index in [1.54, 1.807) is 19.2 Å². The van der Waals surface area contributed by atoms with Gasteiger partial charge in [-0.3, -0.25) is 0 Å². The molecule has 2 nitrogen and oxygen atoms in total. The van der Waals surface area contributed by atoms with Crippen molar-refractivity contribution in [2.24, 2.45) is 0 Å². The molecule has 0 aliphatic rings. The van der Waals surface area contributed by atoms with Gasteiger partial charge in [0.2, 0.25) is 0 Å². The second-order valence-corrected chi connectivity index (χ2v) is 4.67. The van der Waals surface area contributed by atoms with Crippen LogP contribution < -0.4 is 10.5 Å². The number of nitrogen functional groups attached to an aromatic ring is 1. The molecule has 0 fully saturated rings. The number of anilines is 1. The Labute approximate surface area is 116 Å². The van der Waals surface area contributed by atoms with E-state index in [1.165, 1.54) is 6.07 Å². The average molecular weight is 267 g/mol. The molecule has 0 spiro atoms. The van der Waals surface area contributed by atoms with Crippen molar-refractivity contribution in [1.29, 1.82) is 0 Å². The van der Waals surface area contributed by atoms with Crippen LogP contribution >= 0.6 is 0 Å². The lowest BCUT2D eigenvalue weighted by Gasteiger charge is -2.08. The number of benzene rings is 3. The zero-order valence-corrected chi connectivity index (χ0v) is 11.1. The summed E-state index contributed by atoms with van der Waals surface area (Å²) in [4.78, 5) is 0. The van der Waals surface area contributed by atoms with Gasteiger partial charge in [0, 0.05) is 11.3 Å².